The van der Waals surface area contributed by atoms with Crippen LogP contribution in [0.1, 0.15) is 56.1 Å². The highest BCUT2D eigenvalue weighted by molar-refractivity contribution is 7.92. The lowest BCUT2D eigenvalue weighted by Gasteiger charge is -2.25. The second kappa shape index (κ2) is 10.6. The predicted octanol–water partition coefficient (Wildman–Crippen LogP) is 3.00. The summed E-state index contributed by atoms with van der Waals surface area (Å²) in [6, 6.07) is 5.69. The minimum absolute atomic E-state index is 0.0949. The fraction of sp³-hybridized carbons (Fsp3) is 0.652. The van der Waals surface area contributed by atoms with Crippen molar-refractivity contribution < 1.29 is 22.7 Å². The van der Waals surface area contributed by atoms with Crippen LogP contribution in [0.5, 0.6) is 0 Å². The summed E-state index contributed by atoms with van der Waals surface area (Å²) in [6.07, 6.45) is 4.80. The van der Waals surface area contributed by atoms with Gasteiger partial charge < -0.3 is 15.0 Å². The third-order valence-electron chi connectivity index (χ3n) is 6.42. The average molecular weight is 451 g/mol. The van der Waals surface area contributed by atoms with Gasteiger partial charge in [0.15, 0.2) is 9.84 Å². The van der Waals surface area contributed by atoms with Crippen LogP contribution in [0.2, 0.25) is 0 Å². The number of nitrogens with one attached hydrogen (secondary N) is 1. The van der Waals surface area contributed by atoms with Crippen LogP contribution in [-0.2, 0) is 24.2 Å². The fourth-order valence-corrected chi connectivity index (χ4v) is 6.18. The number of carbonyl (C=O) groups is 2. The number of aryl methyl sites for hydroxylation is 1. The van der Waals surface area contributed by atoms with Crippen LogP contribution >= 0.6 is 0 Å². The van der Waals surface area contributed by atoms with Gasteiger partial charge in [-0.1, -0.05) is 25.0 Å². The molecule has 0 bridgehead atoms. The van der Waals surface area contributed by atoms with Crippen molar-refractivity contribution in [1.82, 2.24) is 4.90 Å². The van der Waals surface area contributed by atoms with E-state index in [0.717, 1.165) is 42.5 Å². The van der Waals surface area contributed by atoms with Gasteiger partial charge in [-0.2, -0.15) is 0 Å². The number of ether oxygens (including phenoxy) is 1. The molecule has 2 amide bonds. The summed E-state index contributed by atoms with van der Waals surface area (Å²) in [5, 5.41) is 2.57. The van der Waals surface area contributed by atoms with E-state index >= 15 is 0 Å². The lowest BCUT2D eigenvalue weighted by Crippen LogP contribution is -2.43. The van der Waals surface area contributed by atoms with Crippen LogP contribution in [0.15, 0.2) is 18.2 Å². The zero-order valence-electron chi connectivity index (χ0n) is 18.6. The minimum atomic E-state index is -3.28. The molecule has 1 aromatic carbocycles. The van der Waals surface area contributed by atoms with Crippen LogP contribution in [0.4, 0.5) is 5.69 Å². The van der Waals surface area contributed by atoms with Gasteiger partial charge in [0, 0.05) is 25.3 Å². The summed E-state index contributed by atoms with van der Waals surface area (Å²) >= 11 is 0. The van der Waals surface area contributed by atoms with E-state index in [9.17, 15) is 18.0 Å². The summed E-state index contributed by atoms with van der Waals surface area (Å²) in [6.45, 7) is 4.76. The van der Waals surface area contributed by atoms with Gasteiger partial charge in [-0.05, 0) is 56.7 Å². The Hall–Kier alpha value is -1.93. The first-order valence-electron chi connectivity index (χ1n) is 11.2. The predicted molar refractivity (Wildman–Crippen MR) is 121 cm³/mol. The molecule has 1 N–H and O–H groups in total. The van der Waals surface area contributed by atoms with Crippen molar-refractivity contribution in [2.45, 2.75) is 70.1 Å². The van der Waals surface area contributed by atoms with Crippen LogP contribution in [0.25, 0.3) is 0 Å². The number of hydrogen-bond donors (Lipinski definition) is 1. The highest BCUT2D eigenvalue weighted by Crippen LogP contribution is 2.26. The maximum atomic E-state index is 12.9. The number of amides is 2. The highest BCUT2D eigenvalue weighted by Gasteiger charge is 2.31. The summed E-state index contributed by atoms with van der Waals surface area (Å²) in [5.74, 6) is -0.760. The van der Waals surface area contributed by atoms with E-state index in [0.29, 0.717) is 26.0 Å². The molecule has 2 aliphatic rings. The first-order valence-corrected chi connectivity index (χ1v) is 12.9. The zero-order chi connectivity index (χ0) is 22.4. The van der Waals surface area contributed by atoms with Gasteiger partial charge in [0.1, 0.15) is 0 Å². The van der Waals surface area contributed by atoms with Gasteiger partial charge in [-0.3, -0.25) is 9.59 Å². The summed E-state index contributed by atoms with van der Waals surface area (Å²) in [5.41, 5.74) is 2.77. The van der Waals surface area contributed by atoms with E-state index in [1.807, 2.05) is 32.0 Å². The Morgan fingerprint density at radius 1 is 1.13 bits per heavy atom. The van der Waals surface area contributed by atoms with E-state index in [1.54, 1.807) is 0 Å². The second-order valence-corrected chi connectivity index (χ2v) is 11.1. The monoisotopic (exact) mass is 450 g/mol. The molecule has 0 aromatic heterocycles. The maximum Gasteiger partial charge on any atom is 0.244 e. The van der Waals surface area contributed by atoms with E-state index in [1.165, 1.54) is 4.90 Å². The molecule has 1 heterocycles. The molecule has 7 nitrogen and oxygen atoms in total. The number of nitrogens with zero attached hydrogens (tertiary/aromatic N) is 1. The molecule has 3 rings (SSSR count). The summed E-state index contributed by atoms with van der Waals surface area (Å²) in [7, 11) is -3.28. The zero-order valence-corrected chi connectivity index (χ0v) is 19.4. The number of rotatable bonds is 9. The molecular weight excluding hydrogens is 416 g/mol. The molecule has 1 atom stereocenters. The number of hydrogen-bond acceptors (Lipinski definition) is 5. The standard InChI is InChI=1S/C23H34N2O5S/c1-17-7-5-11-21(18(17)2)24-22(26)16-25(15-19-8-6-13-30-19)23(27)12-14-31(28,29)20-9-3-4-10-20/h5,7,11,19-20H,3-4,6,8-10,12-16H2,1-2H3,(H,24,26). The molecule has 1 aliphatic carbocycles. The molecule has 1 saturated heterocycles. The Balaban J connectivity index is 1.63. The van der Waals surface area contributed by atoms with Crippen molar-refractivity contribution in [2.24, 2.45) is 0 Å². The van der Waals surface area contributed by atoms with Gasteiger partial charge >= 0.3 is 0 Å². The van der Waals surface area contributed by atoms with E-state index in [2.05, 4.69) is 5.32 Å². The summed E-state index contributed by atoms with van der Waals surface area (Å²) < 4.78 is 30.8. The molecule has 31 heavy (non-hydrogen) atoms. The van der Waals surface area contributed by atoms with Crippen molar-refractivity contribution in [3.63, 3.8) is 0 Å². The highest BCUT2D eigenvalue weighted by atomic mass is 32.2. The van der Waals surface area contributed by atoms with Crippen molar-refractivity contribution in [3.05, 3.63) is 29.3 Å². The van der Waals surface area contributed by atoms with Crippen molar-refractivity contribution >= 4 is 27.3 Å². The number of benzene rings is 1. The number of sulfone groups is 1. The lowest BCUT2D eigenvalue weighted by molar-refractivity contribution is -0.135. The molecule has 2 fully saturated rings. The first-order chi connectivity index (χ1) is 14.8. The second-order valence-electron chi connectivity index (χ2n) is 8.73. The van der Waals surface area contributed by atoms with Gasteiger partial charge in [0.2, 0.25) is 11.8 Å². The molecule has 172 valence electrons. The Kier molecular flexibility index (Phi) is 8.11. The van der Waals surface area contributed by atoms with Gasteiger partial charge in [0.05, 0.1) is 23.7 Å². The molecule has 8 heteroatoms. The minimum Gasteiger partial charge on any atom is -0.376 e. The van der Waals surface area contributed by atoms with E-state index < -0.39 is 9.84 Å². The van der Waals surface area contributed by atoms with E-state index in [4.69, 9.17) is 4.74 Å². The molecule has 1 saturated carbocycles. The lowest BCUT2D eigenvalue weighted by atomic mass is 10.1. The van der Waals surface area contributed by atoms with E-state index in [-0.39, 0.29) is 41.9 Å². The maximum absolute atomic E-state index is 12.9. The molecule has 1 aliphatic heterocycles. The SMILES string of the molecule is Cc1cccc(NC(=O)CN(CC2CCCO2)C(=O)CCS(=O)(=O)C2CCCC2)c1C. The van der Waals surface area contributed by atoms with Crippen LogP contribution in [-0.4, -0.2) is 61.9 Å². The first kappa shape index (κ1) is 23.7. The summed E-state index contributed by atoms with van der Waals surface area (Å²) in [4.78, 5) is 27.1. The topological polar surface area (TPSA) is 92.8 Å². The molecule has 0 radical (unpaired) electrons. The Bertz CT molecular complexity index is 887. The Labute approximate surface area is 185 Å². The smallest absolute Gasteiger partial charge is 0.244 e. The van der Waals surface area contributed by atoms with Crippen molar-refractivity contribution in [3.8, 4) is 0 Å². The molecule has 1 unspecified atom stereocenters. The largest absolute Gasteiger partial charge is 0.376 e. The van der Waals surface area contributed by atoms with Gasteiger partial charge in [-0.15, -0.1) is 0 Å². The van der Waals surface area contributed by atoms with Crippen molar-refractivity contribution in [1.29, 1.82) is 0 Å². The van der Waals surface area contributed by atoms with Crippen LogP contribution in [0, 0.1) is 13.8 Å². The van der Waals surface area contributed by atoms with Crippen LogP contribution in [0.3, 0.4) is 0 Å². The number of anilines is 1. The average Bonchev–Trinajstić information content (AvgIpc) is 3.43. The third kappa shape index (κ3) is 6.53. The fourth-order valence-electron chi connectivity index (χ4n) is 4.34. The molecule has 0 spiro atoms. The molecular formula is C23H34N2O5S. The van der Waals surface area contributed by atoms with Gasteiger partial charge in [0.25, 0.3) is 0 Å². The Morgan fingerprint density at radius 2 is 1.87 bits per heavy atom. The third-order valence-corrected chi connectivity index (χ3v) is 8.68. The van der Waals surface area contributed by atoms with Gasteiger partial charge in [-0.25, -0.2) is 8.42 Å². The van der Waals surface area contributed by atoms with Crippen LogP contribution < -0.4 is 5.32 Å². The number of carbonyl (C=O) groups excluding carboxylic acids is 2. The van der Waals surface area contributed by atoms with Crippen molar-refractivity contribution in [2.75, 3.05) is 30.8 Å². The Morgan fingerprint density at radius 3 is 2.55 bits per heavy atom. The normalized spacial score (nSPS) is 19.5. The molecule has 1 aromatic rings. The quantitative estimate of drug-likeness (QED) is 0.624.